The molecule has 0 unspecified atom stereocenters. The van der Waals surface area contributed by atoms with Crippen LogP contribution in [0.25, 0.3) is 0 Å². The van der Waals surface area contributed by atoms with Gasteiger partial charge in [0.2, 0.25) is 5.91 Å². The summed E-state index contributed by atoms with van der Waals surface area (Å²) in [4.78, 5) is 45.2. The lowest BCUT2D eigenvalue weighted by atomic mass is 9.85. The predicted molar refractivity (Wildman–Crippen MR) is 110 cm³/mol. The number of aromatic amines is 1. The van der Waals surface area contributed by atoms with E-state index in [0.717, 1.165) is 0 Å². The van der Waals surface area contributed by atoms with Crippen LogP contribution in [0.15, 0.2) is 24.5 Å². The molecule has 2 aromatic rings. The van der Waals surface area contributed by atoms with Crippen LogP contribution in [0.1, 0.15) is 46.7 Å². The van der Waals surface area contributed by atoms with Crippen LogP contribution in [0.2, 0.25) is 5.02 Å². The summed E-state index contributed by atoms with van der Waals surface area (Å²) in [6.07, 6.45) is 3.73. The zero-order valence-electron chi connectivity index (χ0n) is 16.7. The van der Waals surface area contributed by atoms with E-state index in [1.807, 2.05) is 0 Å². The molecular weight excluding hydrogens is 413 g/mol. The van der Waals surface area contributed by atoms with Crippen molar-refractivity contribution in [3.05, 3.63) is 46.8 Å². The largest absolute Gasteiger partial charge is 0.354 e. The van der Waals surface area contributed by atoms with Gasteiger partial charge in [-0.15, -0.1) is 0 Å². The number of imidazole rings is 1. The van der Waals surface area contributed by atoms with Gasteiger partial charge < -0.3 is 20.5 Å². The minimum absolute atomic E-state index is 0.0386. The van der Waals surface area contributed by atoms with E-state index in [1.165, 1.54) is 36.5 Å². The van der Waals surface area contributed by atoms with Crippen LogP contribution >= 0.6 is 11.6 Å². The zero-order valence-corrected chi connectivity index (χ0v) is 17.4. The number of carbonyl (C=O) groups excluding carboxylic acids is 3. The van der Waals surface area contributed by atoms with Crippen molar-refractivity contribution in [2.45, 2.75) is 31.7 Å². The summed E-state index contributed by atoms with van der Waals surface area (Å²) >= 11 is 6.06. The Morgan fingerprint density at radius 1 is 1.20 bits per heavy atom. The van der Waals surface area contributed by atoms with E-state index in [-0.39, 0.29) is 34.3 Å². The highest BCUT2D eigenvalue weighted by Gasteiger charge is 2.31. The topological polar surface area (TPSA) is 107 Å². The Kier molecular flexibility index (Phi) is 6.71. The number of rotatable bonds is 5. The summed E-state index contributed by atoms with van der Waals surface area (Å²) in [5.41, 5.74) is 0.606. The fourth-order valence-corrected chi connectivity index (χ4v) is 3.94. The molecule has 10 heteroatoms. The Bertz CT molecular complexity index is 956. The highest BCUT2D eigenvalue weighted by atomic mass is 35.5. The van der Waals surface area contributed by atoms with Gasteiger partial charge in [-0.05, 0) is 43.9 Å². The first-order valence-corrected chi connectivity index (χ1v) is 9.98. The number of halogens is 2. The molecule has 1 aliphatic carbocycles. The first-order chi connectivity index (χ1) is 14.3. The maximum absolute atomic E-state index is 13.3. The van der Waals surface area contributed by atoms with E-state index in [0.29, 0.717) is 31.4 Å². The van der Waals surface area contributed by atoms with E-state index in [1.54, 1.807) is 7.05 Å². The lowest BCUT2D eigenvalue weighted by Gasteiger charge is -2.31. The Morgan fingerprint density at radius 2 is 1.90 bits per heavy atom. The van der Waals surface area contributed by atoms with Crippen molar-refractivity contribution < 1.29 is 18.8 Å². The number of anilines is 1. The van der Waals surface area contributed by atoms with Crippen LogP contribution in [0.4, 0.5) is 10.1 Å². The van der Waals surface area contributed by atoms with E-state index in [4.69, 9.17) is 11.6 Å². The number of amides is 3. The van der Waals surface area contributed by atoms with Gasteiger partial charge in [0.05, 0.1) is 17.0 Å². The van der Waals surface area contributed by atoms with Gasteiger partial charge in [-0.1, -0.05) is 11.6 Å². The number of aromatic nitrogens is 2. The lowest BCUT2D eigenvalue weighted by molar-refractivity contribution is -0.123. The van der Waals surface area contributed by atoms with Crippen LogP contribution in [0, 0.1) is 11.7 Å². The summed E-state index contributed by atoms with van der Waals surface area (Å²) in [5.74, 6) is -1.62. The molecule has 0 atom stereocenters. The zero-order chi connectivity index (χ0) is 21.8. The van der Waals surface area contributed by atoms with Gasteiger partial charge in [-0.3, -0.25) is 14.4 Å². The maximum atomic E-state index is 13.3. The van der Waals surface area contributed by atoms with E-state index < -0.39 is 17.6 Å². The molecule has 30 heavy (non-hydrogen) atoms. The van der Waals surface area contributed by atoms with Crippen LogP contribution < -0.4 is 15.5 Å². The summed E-state index contributed by atoms with van der Waals surface area (Å²) in [6, 6.07) is 3.81. The fourth-order valence-electron chi connectivity index (χ4n) is 3.65. The molecule has 8 nitrogen and oxygen atoms in total. The number of benzene rings is 1. The average Bonchev–Trinajstić information content (AvgIpc) is 3.23. The lowest BCUT2D eigenvalue weighted by Crippen LogP contribution is -2.42. The molecule has 3 amide bonds. The Labute approximate surface area is 178 Å². The normalized spacial score (nSPS) is 18.5. The minimum Gasteiger partial charge on any atom is -0.354 e. The summed E-state index contributed by atoms with van der Waals surface area (Å²) in [7, 11) is 3.08. The molecule has 3 N–H and O–H groups in total. The van der Waals surface area contributed by atoms with Gasteiger partial charge in [0.25, 0.3) is 11.8 Å². The predicted octanol–water partition coefficient (Wildman–Crippen LogP) is 2.51. The van der Waals surface area contributed by atoms with Crippen LogP contribution in [-0.2, 0) is 4.79 Å². The molecule has 1 aromatic heterocycles. The van der Waals surface area contributed by atoms with Crippen molar-refractivity contribution >= 4 is 35.0 Å². The number of nitrogens with one attached hydrogen (secondary N) is 3. The molecule has 1 fully saturated rings. The van der Waals surface area contributed by atoms with Crippen molar-refractivity contribution in [1.29, 1.82) is 0 Å². The smallest absolute Gasteiger partial charge is 0.272 e. The summed E-state index contributed by atoms with van der Waals surface area (Å²) < 4.78 is 13.3. The number of carbonyl (C=O) groups is 3. The average molecular weight is 436 g/mol. The van der Waals surface area contributed by atoms with Gasteiger partial charge in [-0.25, -0.2) is 9.37 Å². The van der Waals surface area contributed by atoms with E-state index >= 15 is 0 Å². The maximum Gasteiger partial charge on any atom is 0.272 e. The second-order valence-electron chi connectivity index (χ2n) is 7.22. The second kappa shape index (κ2) is 9.25. The quantitative estimate of drug-likeness (QED) is 0.670. The molecule has 0 bridgehead atoms. The van der Waals surface area contributed by atoms with E-state index in [9.17, 15) is 18.8 Å². The molecule has 3 rings (SSSR count). The Balaban J connectivity index is 1.57. The number of H-pyrrole nitrogens is 1. The summed E-state index contributed by atoms with van der Waals surface area (Å²) in [6.45, 7) is 0. The van der Waals surface area contributed by atoms with Crippen molar-refractivity contribution in [2.24, 2.45) is 5.92 Å². The number of nitrogens with zero attached hydrogens (tertiary/aromatic N) is 2. The molecule has 0 spiro atoms. The van der Waals surface area contributed by atoms with Crippen LogP contribution in [-0.4, -0.2) is 47.8 Å². The monoisotopic (exact) mass is 435 g/mol. The Hall–Kier alpha value is -2.94. The standard InChI is InChI=1S/C20H23ClFN5O3/c1-23-18(28)16-17(25-10-24-16)19(29)26-13-6-3-11(4-7-13)20(30)27(2)15-8-5-12(22)9-14(15)21/h5,8-11,13H,3-4,6-7H2,1-2H3,(H,23,28)(H,24,25)(H,26,29)/t11-,13-. The van der Waals surface area contributed by atoms with Gasteiger partial charge in [-0.2, -0.15) is 0 Å². The molecule has 0 radical (unpaired) electrons. The van der Waals surface area contributed by atoms with E-state index in [2.05, 4.69) is 20.6 Å². The van der Waals surface area contributed by atoms with Gasteiger partial charge in [0, 0.05) is 26.1 Å². The molecule has 160 valence electrons. The van der Waals surface area contributed by atoms with Crippen LogP contribution in [0.5, 0.6) is 0 Å². The SMILES string of the molecule is CNC(=O)c1nc[nH]c1C(=O)N[C@H]1CC[C@H](C(=O)N(C)c2ccc(F)cc2Cl)CC1. The Morgan fingerprint density at radius 3 is 2.53 bits per heavy atom. The number of hydrogen-bond acceptors (Lipinski definition) is 4. The van der Waals surface area contributed by atoms with Crippen molar-refractivity contribution in [3.63, 3.8) is 0 Å². The molecule has 0 saturated heterocycles. The van der Waals surface area contributed by atoms with Gasteiger partial charge in [0.15, 0.2) is 5.69 Å². The fraction of sp³-hybridized carbons (Fsp3) is 0.400. The molecular formula is C20H23ClFN5O3. The first kappa shape index (κ1) is 21.8. The molecule has 1 heterocycles. The van der Waals surface area contributed by atoms with Gasteiger partial charge >= 0.3 is 0 Å². The molecule has 1 saturated carbocycles. The highest BCUT2D eigenvalue weighted by molar-refractivity contribution is 6.33. The third-order valence-electron chi connectivity index (χ3n) is 5.32. The molecule has 1 aromatic carbocycles. The van der Waals surface area contributed by atoms with Crippen LogP contribution in [0.3, 0.4) is 0 Å². The summed E-state index contributed by atoms with van der Waals surface area (Å²) in [5, 5.41) is 5.52. The molecule has 1 aliphatic rings. The third kappa shape index (κ3) is 4.62. The molecule has 0 aliphatic heterocycles. The number of hydrogen-bond donors (Lipinski definition) is 3. The van der Waals surface area contributed by atoms with Crippen molar-refractivity contribution in [2.75, 3.05) is 19.0 Å². The van der Waals surface area contributed by atoms with Crippen molar-refractivity contribution in [1.82, 2.24) is 20.6 Å². The third-order valence-corrected chi connectivity index (χ3v) is 5.62. The minimum atomic E-state index is -0.460. The second-order valence-corrected chi connectivity index (χ2v) is 7.63. The first-order valence-electron chi connectivity index (χ1n) is 9.60. The highest BCUT2D eigenvalue weighted by Crippen LogP contribution is 2.31. The van der Waals surface area contributed by atoms with Crippen molar-refractivity contribution in [3.8, 4) is 0 Å². The van der Waals surface area contributed by atoms with Gasteiger partial charge in [0.1, 0.15) is 11.5 Å².